The Morgan fingerprint density at radius 3 is 2.43 bits per heavy atom. The van der Waals surface area contributed by atoms with E-state index in [9.17, 15) is 9.59 Å². The highest BCUT2D eigenvalue weighted by Crippen LogP contribution is 2.08. The van der Waals surface area contributed by atoms with Gasteiger partial charge in [0, 0.05) is 25.0 Å². The van der Waals surface area contributed by atoms with Gasteiger partial charge in [0.25, 0.3) is 0 Å². The molecule has 0 bridgehead atoms. The fourth-order valence-electron chi connectivity index (χ4n) is 2.05. The summed E-state index contributed by atoms with van der Waals surface area (Å²) in [6.45, 7) is 3.89. The number of aromatic nitrogens is 2. The number of ether oxygens (including phenoxy) is 2. The molecular formula is C19H25Cl2N3O4. The zero-order valence-corrected chi connectivity index (χ0v) is 17.3. The second-order valence-electron chi connectivity index (χ2n) is 6.12. The lowest BCUT2D eigenvalue weighted by Crippen LogP contribution is -2.37. The number of carbonyl (C=O) groups is 2. The van der Waals surface area contributed by atoms with Crippen LogP contribution < -0.4 is 5.73 Å². The third kappa shape index (κ3) is 8.56. The molecule has 0 amide bonds. The minimum absolute atomic E-state index is 0. The normalized spacial score (nSPS) is 11.4. The molecule has 1 heterocycles. The monoisotopic (exact) mass is 429 g/mol. The number of hydrogen-bond donors (Lipinski definition) is 1. The van der Waals surface area contributed by atoms with Crippen LogP contribution in [0.25, 0.3) is 6.08 Å². The van der Waals surface area contributed by atoms with Crippen LogP contribution in [0, 0.1) is 5.92 Å². The van der Waals surface area contributed by atoms with Gasteiger partial charge in [0.1, 0.15) is 6.04 Å². The van der Waals surface area contributed by atoms with Gasteiger partial charge in [-0.25, -0.2) is 9.78 Å². The molecule has 0 aliphatic carbocycles. The molecule has 2 aromatic rings. The summed E-state index contributed by atoms with van der Waals surface area (Å²) >= 11 is 0. The number of halogens is 2. The Balaban J connectivity index is 0.00000364. The number of nitrogens with two attached hydrogens (primary N) is 1. The first-order chi connectivity index (χ1) is 12.5. The summed E-state index contributed by atoms with van der Waals surface area (Å²) < 4.78 is 11.6. The Labute approximate surface area is 176 Å². The molecule has 0 saturated carbocycles. The van der Waals surface area contributed by atoms with Gasteiger partial charge < -0.3 is 19.8 Å². The van der Waals surface area contributed by atoms with E-state index in [0.29, 0.717) is 0 Å². The molecule has 0 spiro atoms. The molecule has 7 nitrogen and oxygen atoms in total. The van der Waals surface area contributed by atoms with Gasteiger partial charge in [-0.3, -0.25) is 4.79 Å². The van der Waals surface area contributed by atoms with Crippen molar-refractivity contribution in [1.29, 1.82) is 0 Å². The Bertz CT molecular complexity index is 747. The molecule has 154 valence electrons. The van der Waals surface area contributed by atoms with Gasteiger partial charge in [-0.2, -0.15) is 0 Å². The summed E-state index contributed by atoms with van der Waals surface area (Å²) in [5.74, 6) is -1.24. The zero-order chi connectivity index (χ0) is 18.9. The Morgan fingerprint density at radius 1 is 1.18 bits per heavy atom. The first kappa shape index (κ1) is 25.7. The molecule has 1 aromatic heterocycles. The van der Waals surface area contributed by atoms with Crippen molar-refractivity contribution in [3.05, 3.63) is 60.2 Å². The summed E-state index contributed by atoms with van der Waals surface area (Å²) in [7, 11) is 0. The third-order valence-electron chi connectivity index (χ3n) is 3.71. The van der Waals surface area contributed by atoms with Crippen molar-refractivity contribution in [2.24, 2.45) is 11.7 Å². The highest BCUT2D eigenvalue weighted by molar-refractivity contribution is 5.87. The average molecular weight is 430 g/mol. The van der Waals surface area contributed by atoms with E-state index in [1.54, 1.807) is 32.4 Å². The maximum absolute atomic E-state index is 11.6. The van der Waals surface area contributed by atoms with Gasteiger partial charge in [0.15, 0.2) is 0 Å². The molecule has 0 radical (unpaired) electrons. The number of rotatable bonds is 8. The quantitative estimate of drug-likeness (QED) is 0.393. The molecule has 2 rings (SSSR count). The molecule has 2 N–H and O–H groups in total. The molecule has 0 unspecified atom stereocenters. The minimum atomic E-state index is -0.731. The van der Waals surface area contributed by atoms with Gasteiger partial charge in [0.05, 0.1) is 6.33 Å². The molecular weight excluding hydrogens is 405 g/mol. The van der Waals surface area contributed by atoms with E-state index in [4.69, 9.17) is 15.2 Å². The van der Waals surface area contributed by atoms with Crippen LogP contribution in [0.3, 0.4) is 0 Å². The van der Waals surface area contributed by atoms with Crippen LogP contribution >= 0.6 is 24.8 Å². The van der Waals surface area contributed by atoms with Crippen molar-refractivity contribution >= 4 is 42.8 Å². The van der Waals surface area contributed by atoms with Crippen LogP contribution in [0.15, 0.2) is 49.1 Å². The highest BCUT2D eigenvalue weighted by atomic mass is 35.5. The van der Waals surface area contributed by atoms with Crippen molar-refractivity contribution in [2.75, 3.05) is 6.79 Å². The van der Waals surface area contributed by atoms with Gasteiger partial charge >= 0.3 is 11.9 Å². The fourth-order valence-corrected chi connectivity index (χ4v) is 2.05. The summed E-state index contributed by atoms with van der Waals surface area (Å²) in [6, 6.07) is 7.01. The van der Waals surface area contributed by atoms with Crippen molar-refractivity contribution in [2.45, 2.75) is 26.4 Å². The summed E-state index contributed by atoms with van der Waals surface area (Å²) in [5, 5.41) is 0. The highest BCUT2D eigenvalue weighted by Gasteiger charge is 2.18. The lowest BCUT2D eigenvalue weighted by Gasteiger charge is -2.13. The maximum Gasteiger partial charge on any atom is 0.333 e. The van der Waals surface area contributed by atoms with Crippen LogP contribution in [0.5, 0.6) is 0 Å². The second kappa shape index (κ2) is 12.9. The zero-order valence-electron chi connectivity index (χ0n) is 15.7. The molecule has 0 fully saturated rings. The van der Waals surface area contributed by atoms with E-state index in [1.165, 1.54) is 6.08 Å². The van der Waals surface area contributed by atoms with Gasteiger partial charge in [-0.15, -0.1) is 24.8 Å². The Morgan fingerprint density at radius 2 is 1.86 bits per heavy atom. The molecule has 9 heteroatoms. The number of esters is 2. The average Bonchev–Trinajstić information content (AvgIpc) is 3.13. The molecule has 0 saturated heterocycles. The van der Waals surface area contributed by atoms with Crippen molar-refractivity contribution in [3.8, 4) is 0 Å². The van der Waals surface area contributed by atoms with Gasteiger partial charge in [-0.1, -0.05) is 38.1 Å². The van der Waals surface area contributed by atoms with Crippen LogP contribution in [-0.2, 0) is 25.6 Å². The Kier molecular flexibility index (Phi) is 11.8. The molecule has 1 atom stereocenters. The number of carbonyl (C=O) groups excluding carboxylic acids is 2. The van der Waals surface area contributed by atoms with Crippen LogP contribution in [0.1, 0.15) is 25.0 Å². The lowest BCUT2D eigenvalue weighted by atomic mass is 10.1. The largest absolute Gasteiger partial charge is 0.427 e. The van der Waals surface area contributed by atoms with Gasteiger partial charge in [0.2, 0.25) is 6.79 Å². The number of hydrogen-bond acceptors (Lipinski definition) is 6. The Hall–Kier alpha value is -2.35. The minimum Gasteiger partial charge on any atom is -0.427 e. The number of benzene rings is 1. The molecule has 0 aliphatic heterocycles. The SMILES string of the molecule is CC(C)[C@H](N)C(=O)OCOC(=O)/C=C/c1ccc(Cn2ccnc2)cc1.Cl.Cl. The molecule has 0 aliphatic rings. The van der Waals surface area contributed by atoms with Crippen molar-refractivity contribution in [1.82, 2.24) is 9.55 Å². The number of imidazole rings is 1. The first-order valence-electron chi connectivity index (χ1n) is 8.27. The van der Waals surface area contributed by atoms with E-state index < -0.39 is 24.8 Å². The van der Waals surface area contributed by atoms with E-state index in [-0.39, 0.29) is 30.7 Å². The first-order valence-corrected chi connectivity index (χ1v) is 8.27. The smallest absolute Gasteiger partial charge is 0.333 e. The predicted molar refractivity (Wildman–Crippen MR) is 111 cm³/mol. The van der Waals surface area contributed by atoms with Crippen LogP contribution in [-0.4, -0.2) is 34.3 Å². The van der Waals surface area contributed by atoms with Crippen molar-refractivity contribution < 1.29 is 19.1 Å². The molecule has 28 heavy (non-hydrogen) atoms. The van der Waals surface area contributed by atoms with Crippen molar-refractivity contribution in [3.63, 3.8) is 0 Å². The number of nitrogens with zero attached hydrogens (tertiary/aromatic N) is 2. The van der Waals surface area contributed by atoms with Gasteiger partial charge in [-0.05, 0) is 23.1 Å². The maximum atomic E-state index is 11.6. The second-order valence-corrected chi connectivity index (χ2v) is 6.12. The third-order valence-corrected chi connectivity index (χ3v) is 3.71. The lowest BCUT2D eigenvalue weighted by molar-refractivity contribution is -0.165. The van der Waals surface area contributed by atoms with E-state index in [0.717, 1.165) is 17.7 Å². The van der Waals surface area contributed by atoms with E-state index >= 15 is 0 Å². The fraction of sp³-hybridized carbons (Fsp3) is 0.316. The topological polar surface area (TPSA) is 96.4 Å². The predicted octanol–water partition coefficient (Wildman–Crippen LogP) is 2.82. The summed E-state index contributed by atoms with van der Waals surface area (Å²) in [6.07, 6.45) is 8.29. The molecule has 1 aromatic carbocycles. The summed E-state index contributed by atoms with van der Waals surface area (Å²) in [5.41, 5.74) is 7.61. The standard InChI is InChI=1S/C19H23N3O4.2ClH/c1-14(2)18(20)19(24)26-13-25-17(23)8-7-15-3-5-16(6-4-15)11-22-10-9-21-12-22;;/h3-10,12,14,18H,11,13,20H2,1-2H3;2*1H/b8-7+;;/t18-;;/m0../s1. The van der Waals surface area contributed by atoms with Crippen LogP contribution in [0.2, 0.25) is 0 Å². The van der Waals surface area contributed by atoms with Crippen LogP contribution in [0.4, 0.5) is 0 Å². The van der Waals surface area contributed by atoms with E-state index in [2.05, 4.69) is 4.98 Å². The summed E-state index contributed by atoms with van der Waals surface area (Å²) in [4.78, 5) is 27.2. The van der Waals surface area contributed by atoms with E-state index in [1.807, 2.05) is 35.0 Å².